The fourth-order valence-electron chi connectivity index (χ4n) is 9.68. The molecule has 11 atom stereocenters. The molecule has 0 aliphatic heterocycles. The van der Waals surface area contributed by atoms with Gasteiger partial charge in [-0.15, -0.1) is 0 Å². The Kier molecular flexibility index (Phi) is 6.46. The quantitative estimate of drug-likeness (QED) is 0.558. The Labute approximate surface area is 193 Å². The summed E-state index contributed by atoms with van der Waals surface area (Å²) in [6.07, 6.45) is 8.27. The first kappa shape index (κ1) is 24.0. The maximum Gasteiger partial charge on any atom is 0.303 e. The summed E-state index contributed by atoms with van der Waals surface area (Å²) in [7, 11) is 0. The number of carboxylic acids is 1. The first-order valence-corrected chi connectivity index (χ1v) is 13.1. The van der Waals surface area contributed by atoms with Crippen molar-refractivity contribution < 1.29 is 24.5 Å². The minimum Gasteiger partial charge on any atom is -0.481 e. The van der Waals surface area contributed by atoms with E-state index in [-0.39, 0.29) is 47.3 Å². The van der Waals surface area contributed by atoms with Gasteiger partial charge < -0.3 is 14.9 Å². The van der Waals surface area contributed by atoms with Crippen LogP contribution in [0.25, 0.3) is 0 Å². The lowest BCUT2D eigenvalue weighted by Crippen LogP contribution is -2.62. The molecule has 0 aromatic carbocycles. The average Bonchev–Trinajstić information content (AvgIpc) is 3.05. The smallest absolute Gasteiger partial charge is 0.303 e. The predicted octanol–water partition coefficient (Wildman–Crippen LogP) is 5.29. The minimum atomic E-state index is -0.693. The molecule has 0 aromatic rings. The maximum absolute atomic E-state index is 11.8. The Morgan fingerprint density at radius 3 is 2.31 bits per heavy atom. The topological polar surface area (TPSA) is 83.8 Å². The molecular weight excluding hydrogens is 404 g/mol. The van der Waals surface area contributed by atoms with Gasteiger partial charge in [-0.3, -0.25) is 9.59 Å². The van der Waals surface area contributed by atoms with Crippen molar-refractivity contribution in [2.45, 2.75) is 105 Å². The van der Waals surface area contributed by atoms with Gasteiger partial charge in [0.2, 0.25) is 0 Å². The van der Waals surface area contributed by atoms with Gasteiger partial charge in [0.1, 0.15) is 6.10 Å². The lowest BCUT2D eigenvalue weighted by Gasteiger charge is -2.64. The Hall–Kier alpha value is -1.10. The fourth-order valence-corrected chi connectivity index (χ4v) is 9.68. The molecule has 5 heteroatoms. The van der Waals surface area contributed by atoms with Gasteiger partial charge in [0.25, 0.3) is 0 Å². The van der Waals surface area contributed by atoms with Crippen LogP contribution in [0, 0.1) is 52.3 Å². The molecule has 0 radical (unpaired) electrons. The van der Waals surface area contributed by atoms with Crippen LogP contribution in [-0.4, -0.2) is 34.4 Å². The molecule has 2 N–H and O–H groups in total. The maximum atomic E-state index is 11.8. The molecule has 4 aliphatic rings. The highest BCUT2D eigenvalue weighted by atomic mass is 16.5. The standard InChI is InChI=1S/C27H44O5/c1-6-18-22-14-17(32-16(3)28)9-11-27(22,5)21-10-12-26(4)19(15(2)13-23(29)30)7-8-20(26)24(21)25(18)31/h15,17-22,24-25,31H,6-14H2,1-5H3,(H,29,30)/t15-,17-,18-,19-,20?,21?,22+,24?,25-,26-,27-/m1/s1. The summed E-state index contributed by atoms with van der Waals surface area (Å²) in [6.45, 7) is 10.7. The van der Waals surface area contributed by atoms with Crippen LogP contribution in [0.5, 0.6) is 0 Å². The molecule has 0 spiro atoms. The SMILES string of the molecule is CC[C@H]1[C@@H](O)C2C3CC[C@H]([C@H](C)CC(=O)O)[C@@]3(C)CCC2[C@@]2(C)CC[C@@H](OC(C)=O)C[C@@H]12. The number of carbonyl (C=O) groups excluding carboxylic acids is 1. The highest BCUT2D eigenvalue weighted by molar-refractivity contribution is 5.67. The van der Waals surface area contributed by atoms with Gasteiger partial charge in [0, 0.05) is 13.3 Å². The summed E-state index contributed by atoms with van der Waals surface area (Å²) in [4.78, 5) is 23.0. The third-order valence-corrected chi connectivity index (χ3v) is 11.0. The first-order valence-electron chi connectivity index (χ1n) is 13.1. The molecule has 3 unspecified atom stereocenters. The van der Waals surface area contributed by atoms with Crippen molar-refractivity contribution in [1.29, 1.82) is 0 Å². The number of carbonyl (C=O) groups is 2. The second kappa shape index (κ2) is 8.60. The Morgan fingerprint density at radius 2 is 1.69 bits per heavy atom. The number of carboxylic acid groups (broad SMARTS) is 1. The van der Waals surface area contributed by atoms with Gasteiger partial charge in [0.05, 0.1) is 6.10 Å². The number of ether oxygens (including phenoxy) is 1. The van der Waals surface area contributed by atoms with Gasteiger partial charge in [-0.05, 0) is 97.2 Å². The molecule has 5 nitrogen and oxygen atoms in total. The van der Waals surface area contributed by atoms with Crippen LogP contribution in [0.4, 0.5) is 0 Å². The number of hydrogen-bond donors (Lipinski definition) is 2. The van der Waals surface area contributed by atoms with Crippen LogP contribution in [0.2, 0.25) is 0 Å². The van der Waals surface area contributed by atoms with E-state index in [9.17, 15) is 19.8 Å². The van der Waals surface area contributed by atoms with Crippen LogP contribution in [0.1, 0.15) is 92.4 Å². The summed E-state index contributed by atoms with van der Waals surface area (Å²) in [5.41, 5.74) is 0.320. The Balaban J connectivity index is 1.62. The number of hydrogen-bond acceptors (Lipinski definition) is 4. The molecule has 0 aromatic heterocycles. The molecule has 0 amide bonds. The van der Waals surface area contributed by atoms with Gasteiger partial charge in [-0.25, -0.2) is 0 Å². The predicted molar refractivity (Wildman–Crippen MR) is 123 cm³/mol. The van der Waals surface area contributed by atoms with Crippen LogP contribution in [0.3, 0.4) is 0 Å². The lowest BCUT2D eigenvalue weighted by molar-refractivity contribution is -0.207. The number of rotatable bonds is 5. The van der Waals surface area contributed by atoms with Crippen LogP contribution >= 0.6 is 0 Å². The number of aliphatic hydroxyl groups excluding tert-OH is 1. The van der Waals surface area contributed by atoms with Crippen molar-refractivity contribution >= 4 is 11.9 Å². The Morgan fingerprint density at radius 1 is 1.03 bits per heavy atom. The van der Waals surface area contributed by atoms with Crippen LogP contribution < -0.4 is 0 Å². The van der Waals surface area contributed by atoms with Crippen molar-refractivity contribution in [3.63, 3.8) is 0 Å². The fraction of sp³-hybridized carbons (Fsp3) is 0.926. The molecular formula is C27H44O5. The van der Waals surface area contributed by atoms with E-state index in [1.165, 1.54) is 6.92 Å². The van der Waals surface area contributed by atoms with Crippen LogP contribution in [0.15, 0.2) is 0 Å². The van der Waals surface area contributed by atoms with E-state index < -0.39 is 5.97 Å². The highest BCUT2D eigenvalue weighted by Gasteiger charge is 2.65. The summed E-state index contributed by atoms with van der Waals surface area (Å²) in [5, 5.41) is 21.2. The van der Waals surface area contributed by atoms with E-state index in [2.05, 4.69) is 27.7 Å². The van der Waals surface area contributed by atoms with E-state index in [0.717, 1.165) is 51.4 Å². The zero-order valence-electron chi connectivity index (χ0n) is 20.7. The first-order chi connectivity index (χ1) is 15.0. The van der Waals surface area contributed by atoms with Gasteiger partial charge in [0.15, 0.2) is 0 Å². The van der Waals surface area contributed by atoms with Gasteiger partial charge in [-0.2, -0.15) is 0 Å². The van der Waals surface area contributed by atoms with Gasteiger partial charge >= 0.3 is 11.9 Å². The van der Waals surface area contributed by atoms with E-state index in [0.29, 0.717) is 29.6 Å². The number of esters is 1. The van der Waals surface area contributed by atoms with Crippen molar-refractivity contribution in [2.75, 3.05) is 0 Å². The van der Waals surface area contributed by atoms with E-state index in [1.54, 1.807) is 0 Å². The number of aliphatic carboxylic acids is 1. The summed E-state index contributed by atoms with van der Waals surface area (Å²) in [5.74, 6) is 1.68. The average molecular weight is 449 g/mol. The normalized spacial score (nSPS) is 48.8. The molecule has 32 heavy (non-hydrogen) atoms. The zero-order chi connectivity index (χ0) is 23.4. The summed E-state index contributed by atoms with van der Waals surface area (Å²) in [6, 6.07) is 0. The number of fused-ring (bicyclic) bond motifs is 5. The van der Waals surface area contributed by atoms with E-state index in [1.807, 2.05) is 0 Å². The highest BCUT2D eigenvalue weighted by Crippen LogP contribution is 2.69. The lowest BCUT2D eigenvalue weighted by atomic mass is 9.41. The second-order valence-corrected chi connectivity index (χ2v) is 12.3. The van der Waals surface area contributed by atoms with Gasteiger partial charge in [-0.1, -0.05) is 34.1 Å². The second-order valence-electron chi connectivity index (χ2n) is 12.3. The van der Waals surface area contributed by atoms with E-state index >= 15 is 0 Å². The molecule has 4 saturated carbocycles. The largest absolute Gasteiger partial charge is 0.481 e. The molecule has 4 rings (SSSR count). The van der Waals surface area contributed by atoms with Crippen molar-refractivity contribution in [2.24, 2.45) is 52.3 Å². The zero-order valence-corrected chi connectivity index (χ0v) is 20.7. The molecule has 0 heterocycles. The molecule has 0 saturated heterocycles. The minimum absolute atomic E-state index is 0.00930. The van der Waals surface area contributed by atoms with Crippen molar-refractivity contribution in [3.05, 3.63) is 0 Å². The molecule has 4 aliphatic carbocycles. The summed E-state index contributed by atoms with van der Waals surface area (Å²) < 4.78 is 5.64. The molecule has 4 fully saturated rings. The molecule has 182 valence electrons. The van der Waals surface area contributed by atoms with E-state index in [4.69, 9.17) is 4.74 Å². The van der Waals surface area contributed by atoms with Crippen molar-refractivity contribution in [3.8, 4) is 0 Å². The summed E-state index contributed by atoms with van der Waals surface area (Å²) >= 11 is 0. The number of aliphatic hydroxyl groups is 1. The van der Waals surface area contributed by atoms with Crippen LogP contribution in [-0.2, 0) is 14.3 Å². The third kappa shape index (κ3) is 3.71. The monoisotopic (exact) mass is 448 g/mol. The molecule has 0 bridgehead atoms. The van der Waals surface area contributed by atoms with Crippen molar-refractivity contribution in [1.82, 2.24) is 0 Å². The Bertz CT molecular complexity index is 736. The third-order valence-electron chi connectivity index (χ3n) is 11.0.